The molecule has 0 rings (SSSR count). The second-order valence-corrected chi connectivity index (χ2v) is 2.88. The van der Waals surface area contributed by atoms with Gasteiger partial charge in [-0.2, -0.15) is 0 Å². The van der Waals surface area contributed by atoms with Crippen LogP contribution in [0.1, 0.15) is 0 Å². The van der Waals surface area contributed by atoms with E-state index in [9.17, 15) is 4.79 Å². The zero-order valence-electron chi connectivity index (χ0n) is 4.19. The van der Waals surface area contributed by atoms with Gasteiger partial charge in [0.05, 0.1) is 4.43 Å². The van der Waals surface area contributed by atoms with Crippen LogP contribution in [0.15, 0.2) is 0 Å². The van der Waals surface area contributed by atoms with Gasteiger partial charge in [-0.05, 0) is 0 Å². The first-order valence-corrected chi connectivity index (χ1v) is 5.14. The Morgan fingerprint density at radius 1 is 1.50 bits per heavy atom. The lowest BCUT2D eigenvalue weighted by Crippen LogP contribution is -2.06. The van der Waals surface area contributed by atoms with Crippen molar-refractivity contribution < 1.29 is 9.53 Å². The minimum atomic E-state index is -0.123. The van der Waals surface area contributed by atoms with Crippen molar-refractivity contribution >= 4 is 51.2 Å². The van der Waals surface area contributed by atoms with Gasteiger partial charge in [-0.3, -0.25) is 4.79 Å². The minimum absolute atomic E-state index is 0.123. The molecule has 0 aromatic rings. The van der Waals surface area contributed by atoms with Gasteiger partial charge in [-0.1, -0.05) is 45.2 Å². The van der Waals surface area contributed by atoms with Crippen LogP contribution in [-0.4, -0.2) is 21.4 Å². The highest BCUT2D eigenvalue weighted by atomic mass is 127. The lowest BCUT2D eigenvalue weighted by molar-refractivity contribution is -0.139. The molecular formula is C4H6I2O2. The maximum atomic E-state index is 10.3. The van der Waals surface area contributed by atoms with Crippen LogP contribution in [0.3, 0.4) is 0 Å². The molecule has 8 heavy (non-hydrogen) atoms. The zero-order valence-corrected chi connectivity index (χ0v) is 8.51. The molecule has 0 aliphatic carbocycles. The van der Waals surface area contributed by atoms with E-state index in [1.165, 1.54) is 0 Å². The molecule has 0 heterocycles. The highest BCUT2D eigenvalue weighted by molar-refractivity contribution is 14.1. The number of carbonyl (C=O) groups is 1. The van der Waals surface area contributed by atoms with Crippen LogP contribution >= 0.6 is 45.2 Å². The number of alkyl halides is 2. The summed E-state index contributed by atoms with van der Waals surface area (Å²) in [4.78, 5) is 10.3. The van der Waals surface area contributed by atoms with Crippen LogP contribution < -0.4 is 0 Å². The van der Waals surface area contributed by atoms with Crippen molar-refractivity contribution in [3.63, 3.8) is 0 Å². The molecule has 0 radical (unpaired) electrons. The molecular weight excluding hydrogens is 334 g/mol. The van der Waals surface area contributed by atoms with E-state index in [4.69, 9.17) is 0 Å². The highest BCUT2D eigenvalue weighted by Gasteiger charge is 1.95. The van der Waals surface area contributed by atoms with E-state index >= 15 is 0 Å². The third kappa shape index (κ3) is 5.07. The Balaban J connectivity index is 2.99. The summed E-state index contributed by atoms with van der Waals surface area (Å²) in [6.07, 6.45) is 0. The van der Waals surface area contributed by atoms with Crippen LogP contribution in [-0.2, 0) is 9.53 Å². The fourth-order valence-electron chi connectivity index (χ4n) is 0.191. The Bertz CT molecular complexity index is 74.4. The largest absolute Gasteiger partial charge is 0.464 e. The van der Waals surface area contributed by atoms with Gasteiger partial charge in [0.15, 0.2) is 0 Å². The number of ether oxygens (including phenoxy) is 1. The zero-order chi connectivity index (χ0) is 6.41. The summed E-state index contributed by atoms with van der Waals surface area (Å²) in [6.45, 7) is 0.544. The van der Waals surface area contributed by atoms with Crippen LogP contribution in [0.2, 0.25) is 0 Å². The molecule has 0 spiro atoms. The van der Waals surface area contributed by atoms with Crippen LogP contribution in [0.5, 0.6) is 0 Å². The second-order valence-electron chi connectivity index (χ2n) is 1.04. The first-order chi connectivity index (χ1) is 3.81. The fourth-order valence-corrected chi connectivity index (χ4v) is 0.631. The topological polar surface area (TPSA) is 26.3 Å². The van der Waals surface area contributed by atoms with Crippen molar-refractivity contribution in [1.82, 2.24) is 0 Å². The summed E-state index contributed by atoms with van der Waals surface area (Å²) in [5.41, 5.74) is 0. The Hall–Kier alpha value is 0.930. The quantitative estimate of drug-likeness (QED) is 0.441. The van der Waals surface area contributed by atoms with E-state index in [0.29, 0.717) is 11.0 Å². The summed E-state index contributed by atoms with van der Waals surface area (Å²) in [5.74, 6) is -0.123. The van der Waals surface area contributed by atoms with E-state index < -0.39 is 0 Å². The van der Waals surface area contributed by atoms with E-state index in [-0.39, 0.29) is 5.97 Å². The predicted octanol–water partition coefficient (Wildman–Crippen LogP) is 1.40. The van der Waals surface area contributed by atoms with Crippen LogP contribution in [0.25, 0.3) is 0 Å². The maximum Gasteiger partial charge on any atom is 0.315 e. The van der Waals surface area contributed by atoms with Gasteiger partial charge in [-0.25, -0.2) is 0 Å². The number of rotatable bonds is 3. The van der Waals surface area contributed by atoms with E-state index in [2.05, 4.69) is 27.3 Å². The fraction of sp³-hybridized carbons (Fsp3) is 0.750. The SMILES string of the molecule is O=C(CI)OCCI. The molecule has 0 unspecified atom stereocenters. The molecule has 48 valence electrons. The normalized spacial score (nSPS) is 8.75. The molecule has 4 heteroatoms. The number of halogens is 2. The van der Waals surface area contributed by atoms with Crippen molar-refractivity contribution in [3.05, 3.63) is 0 Å². The third-order valence-electron chi connectivity index (χ3n) is 0.449. The monoisotopic (exact) mass is 340 g/mol. The molecule has 0 fully saturated rings. The number of hydrogen-bond donors (Lipinski definition) is 0. The van der Waals surface area contributed by atoms with Gasteiger partial charge in [0.1, 0.15) is 6.61 Å². The lowest BCUT2D eigenvalue weighted by Gasteiger charge is -1.95. The van der Waals surface area contributed by atoms with Gasteiger partial charge >= 0.3 is 5.97 Å². The molecule has 0 N–H and O–H groups in total. The Labute approximate surface area is 75.6 Å². The van der Waals surface area contributed by atoms with Gasteiger partial charge in [0.2, 0.25) is 0 Å². The Kier molecular flexibility index (Phi) is 6.76. The van der Waals surface area contributed by atoms with Gasteiger partial charge in [-0.15, -0.1) is 0 Å². The molecule has 0 aromatic carbocycles. The molecule has 0 saturated heterocycles. The minimum Gasteiger partial charge on any atom is -0.464 e. The average molecular weight is 340 g/mol. The van der Waals surface area contributed by atoms with Crippen molar-refractivity contribution in [2.24, 2.45) is 0 Å². The smallest absolute Gasteiger partial charge is 0.315 e. The summed E-state index contributed by atoms with van der Waals surface area (Å²) < 4.78 is 6.01. The Morgan fingerprint density at radius 3 is 2.50 bits per heavy atom. The first kappa shape index (κ1) is 8.93. The number of hydrogen-bond acceptors (Lipinski definition) is 2. The number of carbonyl (C=O) groups excluding carboxylic acids is 1. The second kappa shape index (κ2) is 6.06. The molecule has 0 saturated carbocycles. The van der Waals surface area contributed by atoms with E-state index in [0.717, 1.165) is 4.43 Å². The van der Waals surface area contributed by atoms with E-state index in [1.807, 2.05) is 22.6 Å². The molecule has 0 bridgehead atoms. The Morgan fingerprint density at radius 2 is 2.12 bits per heavy atom. The summed E-state index contributed by atoms with van der Waals surface area (Å²) in [6, 6.07) is 0. The first-order valence-electron chi connectivity index (χ1n) is 2.08. The van der Waals surface area contributed by atoms with Crippen LogP contribution in [0.4, 0.5) is 0 Å². The predicted molar refractivity (Wildman–Crippen MR) is 48.7 cm³/mol. The summed E-state index contributed by atoms with van der Waals surface area (Å²) >= 11 is 4.13. The molecule has 0 aromatic heterocycles. The van der Waals surface area contributed by atoms with Crippen molar-refractivity contribution in [2.75, 3.05) is 15.5 Å². The highest BCUT2D eigenvalue weighted by Crippen LogP contribution is 1.87. The molecule has 0 aliphatic rings. The molecule has 0 atom stereocenters. The van der Waals surface area contributed by atoms with Crippen molar-refractivity contribution in [2.45, 2.75) is 0 Å². The van der Waals surface area contributed by atoms with Crippen molar-refractivity contribution in [3.8, 4) is 0 Å². The lowest BCUT2D eigenvalue weighted by atomic mass is 10.8. The third-order valence-corrected chi connectivity index (χ3v) is 1.51. The molecule has 0 amide bonds. The summed E-state index contributed by atoms with van der Waals surface area (Å²) in [7, 11) is 0. The van der Waals surface area contributed by atoms with Gasteiger partial charge in [0.25, 0.3) is 0 Å². The number of esters is 1. The van der Waals surface area contributed by atoms with Gasteiger partial charge in [0, 0.05) is 4.43 Å². The standard InChI is InChI=1S/C4H6I2O2/c5-1-2-8-4(7)3-6/h1-3H2. The van der Waals surface area contributed by atoms with Gasteiger partial charge < -0.3 is 4.74 Å². The maximum absolute atomic E-state index is 10.3. The molecule has 2 nitrogen and oxygen atoms in total. The van der Waals surface area contributed by atoms with E-state index in [1.54, 1.807) is 0 Å². The summed E-state index contributed by atoms with van der Waals surface area (Å²) in [5, 5.41) is 0. The average Bonchev–Trinajstić information content (AvgIpc) is 1.83. The van der Waals surface area contributed by atoms with Crippen molar-refractivity contribution in [1.29, 1.82) is 0 Å². The van der Waals surface area contributed by atoms with Crippen LogP contribution in [0, 0.1) is 0 Å². The molecule has 0 aliphatic heterocycles.